The Morgan fingerprint density at radius 3 is 2.41 bits per heavy atom. The second kappa shape index (κ2) is 8.49. The number of aromatic nitrogens is 1. The minimum atomic E-state index is -0.104. The van der Waals surface area contributed by atoms with Crippen molar-refractivity contribution in [3.8, 4) is 0 Å². The van der Waals surface area contributed by atoms with Crippen LogP contribution in [0, 0.1) is 6.92 Å². The highest BCUT2D eigenvalue weighted by molar-refractivity contribution is 6.09. The maximum atomic E-state index is 12.8. The zero-order chi connectivity index (χ0) is 19.2. The van der Waals surface area contributed by atoms with Crippen molar-refractivity contribution in [3.63, 3.8) is 0 Å². The SMILES string of the molecule is Cc1ccccc1C(=O)c1cccn1CC(=O)NC[C@@H](C)c1ccccc1. The minimum Gasteiger partial charge on any atom is -0.354 e. The van der Waals surface area contributed by atoms with Crippen LogP contribution in [0.1, 0.15) is 40.0 Å². The van der Waals surface area contributed by atoms with Crippen LogP contribution in [-0.4, -0.2) is 22.8 Å². The summed E-state index contributed by atoms with van der Waals surface area (Å²) in [5.74, 6) is 0.0595. The van der Waals surface area contributed by atoms with Gasteiger partial charge in [0.1, 0.15) is 6.54 Å². The first-order valence-electron chi connectivity index (χ1n) is 9.13. The Kier molecular flexibility index (Phi) is 5.87. The molecule has 138 valence electrons. The molecule has 0 unspecified atom stereocenters. The molecule has 0 spiro atoms. The van der Waals surface area contributed by atoms with Gasteiger partial charge in [-0.15, -0.1) is 0 Å². The number of ketones is 1. The molecule has 27 heavy (non-hydrogen) atoms. The lowest BCUT2D eigenvalue weighted by atomic mass is 10.0. The summed E-state index contributed by atoms with van der Waals surface area (Å²) >= 11 is 0. The van der Waals surface area contributed by atoms with Crippen LogP contribution in [0.15, 0.2) is 72.9 Å². The van der Waals surface area contributed by atoms with Crippen molar-refractivity contribution in [1.29, 1.82) is 0 Å². The Balaban J connectivity index is 1.63. The van der Waals surface area contributed by atoms with E-state index < -0.39 is 0 Å². The van der Waals surface area contributed by atoms with Crippen molar-refractivity contribution in [2.24, 2.45) is 0 Å². The molecule has 0 fully saturated rings. The van der Waals surface area contributed by atoms with E-state index in [0.717, 1.165) is 5.56 Å². The number of nitrogens with zero attached hydrogens (tertiary/aromatic N) is 1. The molecule has 2 aromatic carbocycles. The number of aryl methyl sites for hydroxylation is 1. The van der Waals surface area contributed by atoms with Gasteiger partial charge in [0, 0.05) is 18.3 Å². The molecular formula is C23H24N2O2. The maximum absolute atomic E-state index is 12.8. The summed E-state index contributed by atoms with van der Waals surface area (Å²) in [4.78, 5) is 25.2. The van der Waals surface area contributed by atoms with E-state index in [0.29, 0.717) is 17.8 Å². The molecule has 0 aliphatic rings. The number of hydrogen-bond donors (Lipinski definition) is 1. The quantitative estimate of drug-likeness (QED) is 0.649. The molecule has 0 bridgehead atoms. The van der Waals surface area contributed by atoms with Gasteiger partial charge in [0.15, 0.2) is 0 Å². The van der Waals surface area contributed by atoms with Crippen molar-refractivity contribution in [1.82, 2.24) is 9.88 Å². The molecule has 0 radical (unpaired) electrons. The summed E-state index contributed by atoms with van der Waals surface area (Å²) in [6.07, 6.45) is 1.77. The van der Waals surface area contributed by atoms with E-state index in [9.17, 15) is 9.59 Å². The number of benzene rings is 2. The summed E-state index contributed by atoms with van der Waals surface area (Å²) in [6, 6.07) is 21.1. The second-order valence-electron chi connectivity index (χ2n) is 6.78. The molecule has 1 aromatic heterocycles. The molecule has 0 aliphatic heterocycles. The van der Waals surface area contributed by atoms with Crippen molar-refractivity contribution in [2.75, 3.05) is 6.54 Å². The van der Waals surface area contributed by atoms with Gasteiger partial charge in [-0.2, -0.15) is 0 Å². The molecule has 1 heterocycles. The number of nitrogens with one attached hydrogen (secondary N) is 1. The van der Waals surface area contributed by atoms with Crippen molar-refractivity contribution in [3.05, 3.63) is 95.3 Å². The first kappa shape index (κ1) is 18.6. The molecule has 3 rings (SSSR count). The molecule has 0 saturated heterocycles. The smallest absolute Gasteiger partial charge is 0.239 e. The number of hydrogen-bond acceptors (Lipinski definition) is 2. The fourth-order valence-corrected chi connectivity index (χ4v) is 3.10. The van der Waals surface area contributed by atoms with Crippen molar-refractivity contribution in [2.45, 2.75) is 26.3 Å². The summed E-state index contributed by atoms with van der Waals surface area (Å²) in [5.41, 5.74) is 3.30. The second-order valence-corrected chi connectivity index (χ2v) is 6.78. The summed E-state index contributed by atoms with van der Waals surface area (Å²) in [6.45, 7) is 4.68. The predicted molar refractivity (Wildman–Crippen MR) is 107 cm³/mol. The van der Waals surface area contributed by atoms with Gasteiger partial charge in [0.25, 0.3) is 0 Å². The van der Waals surface area contributed by atoms with Crippen molar-refractivity contribution < 1.29 is 9.59 Å². The average Bonchev–Trinajstić information content (AvgIpc) is 3.14. The van der Waals surface area contributed by atoms with Gasteiger partial charge in [0.2, 0.25) is 11.7 Å². The molecule has 4 heteroatoms. The summed E-state index contributed by atoms with van der Waals surface area (Å²) in [7, 11) is 0. The van der Waals surface area contributed by atoms with Gasteiger partial charge in [-0.1, -0.05) is 61.5 Å². The molecule has 3 aromatic rings. The number of carbonyl (C=O) groups excluding carboxylic acids is 2. The lowest BCUT2D eigenvalue weighted by molar-refractivity contribution is -0.121. The van der Waals surface area contributed by atoms with Crippen LogP contribution in [0.3, 0.4) is 0 Å². The van der Waals surface area contributed by atoms with Gasteiger partial charge in [0.05, 0.1) is 5.69 Å². The first-order chi connectivity index (χ1) is 13.1. The molecule has 0 aliphatic carbocycles. The van der Waals surface area contributed by atoms with Crippen LogP contribution in [0.5, 0.6) is 0 Å². The molecule has 4 nitrogen and oxygen atoms in total. The van der Waals surface area contributed by atoms with E-state index in [4.69, 9.17) is 0 Å². The molecule has 0 saturated carbocycles. The fraction of sp³-hybridized carbons (Fsp3) is 0.217. The molecule has 1 N–H and O–H groups in total. The maximum Gasteiger partial charge on any atom is 0.239 e. The average molecular weight is 360 g/mol. The van der Waals surface area contributed by atoms with Gasteiger partial charge in [-0.25, -0.2) is 0 Å². The van der Waals surface area contributed by atoms with Crippen LogP contribution < -0.4 is 5.32 Å². The minimum absolute atomic E-state index is 0.0662. The highest BCUT2D eigenvalue weighted by Crippen LogP contribution is 2.15. The van der Waals surface area contributed by atoms with Crippen LogP contribution in [0.2, 0.25) is 0 Å². The van der Waals surface area contributed by atoms with Gasteiger partial charge >= 0.3 is 0 Å². The van der Waals surface area contributed by atoms with E-state index in [1.807, 2.05) is 49.4 Å². The third-order valence-electron chi connectivity index (χ3n) is 4.74. The summed E-state index contributed by atoms with van der Waals surface area (Å²) < 4.78 is 1.71. The van der Waals surface area contributed by atoms with Crippen LogP contribution in [-0.2, 0) is 11.3 Å². The van der Waals surface area contributed by atoms with Crippen LogP contribution in [0.4, 0.5) is 0 Å². The van der Waals surface area contributed by atoms with Gasteiger partial charge in [-0.05, 0) is 36.1 Å². The highest BCUT2D eigenvalue weighted by atomic mass is 16.2. The largest absolute Gasteiger partial charge is 0.354 e. The van der Waals surface area contributed by atoms with Crippen LogP contribution >= 0.6 is 0 Å². The zero-order valence-corrected chi connectivity index (χ0v) is 15.7. The Hall–Kier alpha value is -3.14. The lowest BCUT2D eigenvalue weighted by Crippen LogP contribution is -2.31. The molecular weight excluding hydrogens is 336 g/mol. The van der Waals surface area contributed by atoms with Crippen LogP contribution in [0.25, 0.3) is 0 Å². The van der Waals surface area contributed by atoms with E-state index in [-0.39, 0.29) is 24.2 Å². The Labute approximate surface area is 159 Å². The van der Waals surface area contributed by atoms with Crippen molar-refractivity contribution >= 4 is 11.7 Å². The topological polar surface area (TPSA) is 51.1 Å². The first-order valence-corrected chi connectivity index (χ1v) is 9.13. The Morgan fingerprint density at radius 2 is 1.67 bits per heavy atom. The third kappa shape index (κ3) is 4.53. The normalized spacial score (nSPS) is 11.8. The monoisotopic (exact) mass is 360 g/mol. The predicted octanol–water partition coefficient (Wildman–Crippen LogP) is 3.95. The molecule has 1 atom stereocenters. The van der Waals surface area contributed by atoms with E-state index in [1.54, 1.807) is 22.9 Å². The fourth-order valence-electron chi connectivity index (χ4n) is 3.10. The van der Waals surface area contributed by atoms with Gasteiger partial charge in [-0.3, -0.25) is 9.59 Å². The standard InChI is InChI=1S/C23H24N2O2/c1-17-9-6-7-12-20(17)23(27)21-13-8-14-25(21)16-22(26)24-15-18(2)19-10-4-3-5-11-19/h3-14,18H,15-16H2,1-2H3,(H,24,26)/t18-/m1/s1. The third-order valence-corrected chi connectivity index (χ3v) is 4.74. The molecule has 1 amide bonds. The zero-order valence-electron chi connectivity index (χ0n) is 15.7. The van der Waals surface area contributed by atoms with E-state index in [2.05, 4.69) is 24.4 Å². The van der Waals surface area contributed by atoms with Gasteiger partial charge < -0.3 is 9.88 Å². The summed E-state index contributed by atoms with van der Waals surface area (Å²) in [5, 5.41) is 2.97. The highest BCUT2D eigenvalue weighted by Gasteiger charge is 2.16. The Morgan fingerprint density at radius 1 is 0.963 bits per heavy atom. The number of amides is 1. The lowest BCUT2D eigenvalue weighted by Gasteiger charge is -2.14. The van der Waals surface area contributed by atoms with E-state index in [1.165, 1.54) is 5.56 Å². The number of rotatable bonds is 7. The Bertz CT molecular complexity index is 928. The number of carbonyl (C=O) groups is 2. The van der Waals surface area contributed by atoms with E-state index >= 15 is 0 Å².